The number of pyridine rings is 1. The number of carbonyl (C=O) groups excluding carboxylic acids is 1. The highest BCUT2D eigenvalue weighted by Crippen LogP contribution is 2.40. The summed E-state index contributed by atoms with van der Waals surface area (Å²) in [6, 6.07) is 14.4. The second kappa shape index (κ2) is 10.4. The van der Waals surface area contributed by atoms with Crippen LogP contribution in [0.2, 0.25) is 0 Å². The Labute approximate surface area is 189 Å². The van der Waals surface area contributed by atoms with Crippen LogP contribution >= 0.6 is 11.8 Å². The van der Waals surface area contributed by atoms with Crippen molar-refractivity contribution in [2.75, 3.05) is 5.75 Å². The lowest BCUT2D eigenvalue weighted by molar-refractivity contribution is -0.122. The van der Waals surface area contributed by atoms with Crippen molar-refractivity contribution in [2.45, 2.75) is 31.7 Å². The number of amidine groups is 1. The van der Waals surface area contributed by atoms with Crippen molar-refractivity contribution in [3.63, 3.8) is 0 Å². The van der Waals surface area contributed by atoms with Crippen LogP contribution in [0, 0.1) is 5.82 Å². The molecule has 8 heteroatoms. The quantitative estimate of drug-likeness (QED) is 0.433. The summed E-state index contributed by atoms with van der Waals surface area (Å²) in [6.45, 7) is 1.74. The van der Waals surface area contributed by atoms with E-state index in [1.54, 1.807) is 24.4 Å². The maximum absolute atomic E-state index is 14.7. The molecule has 0 fully saturated rings. The number of hydrogen-bond donors (Lipinski definition) is 2. The van der Waals surface area contributed by atoms with Gasteiger partial charge in [0.25, 0.3) is 6.47 Å². The number of rotatable bonds is 5. The maximum atomic E-state index is 14.7. The Morgan fingerprint density at radius 2 is 1.97 bits per heavy atom. The molecule has 1 aliphatic rings. The highest BCUT2D eigenvalue weighted by atomic mass is 32.2. The zero-order chi connectivity index (χ0) is 23.1. The van der Waals surface area contributed by atoms with E-state index in [1.165, 1.54) is 17.8 Å². The van der Waals surface area contributed by atoms with Gasteiger partial charge in [-0.15, -0.1) is 0 Å². The van der Waals surface area contributed by atoms with E-state index < -0.39 is 5.54 Å². The summed E-state index contributed by atoms with van der Waals surface area (Å²) in [5.41, 5.74) is 6.95. The van der Waals surface area contributed by atoms with Crippen molar-refractivity contribution in [3.8, 4) is 0 Å². The summed E-state index contributed by atoms with van der Waals surface area (Å²) < 4.78 is 14.7. The minimum absolute atomic E-state index is 0.0962. The number of nitrogens with zero attached hydrogens (tertiary/aromatic N) is 2. The molecule has 0 spiro atoms. The molecule has 3 aromatic rings. The lowest BCUT2D eigenvalue weighted by Gasteiger charge is -2.33. The first kappa shape index (κ1) is 23.4. The Balaban J connectivity index is 0.000000913. The van der Waals surface area contributed by atoms with E-state index in [0.717, 1.165) is 28.5 Å². The van der Waals surface area contributed by atoms with Gasteiger partial charge >= 0.3 is 0 Å². The first-order valence-electron chi connectivity index (χ1n) is 10.2. The van der Waals surface area contributed by atoms with E-state index in [0.29, 0.717) is 22.8 Å². The Bertz CT molecular complexity index is 1170. The van der Waals surface area contributed by atoms with Gasteiger partial charge in [-0.05, 0) is 42.0 Å². The van der Waals surface area contributed by atoms with Crippen LogP contribution in [0.4, 0.5) is 4.39 Å². The Morgan fingerprint density at radius 1 is 1.25 bits per heavy atom. The molecule has 0 radical (unpaired) electrons. The first-order chi connectivity index (χ1) is 15.4. The van der Waals surface area contributed by atoms with E-state index in [-0.39, 0.29) is 24.5 Å². The zero-order valence-corrected chi connectivity index (χ0v) is 18.4. The van der Waals surface area contributed by atoms with Crippen LogP contribution in [-0.4, -0.2) is 33.3 Å². The molecule has 1 atom stereocenters. The molecule has 0 amide bonds. The molecular formula is C24H24FN3O3S. The number of carbonyl (C=O) groups is 2. The zero-order valence-electron chi connectivity index (χ0n) is 17.6. The molecule has 3 N–H and O–H groups in total. The van der Waals surface area contributed by atoms with Crippen LogP contribution in [0.3, 0.4) is 0 Å². The molecule has 4 rings (SSSR count). The second-order valence-corrected chi connectivity index (χ2v) is 8.49. The van der Waals surface area contributed by atoms with Gasteiger partial charge < -0.3 is 10.8 Å². The average Bonchev–Trinajstić information content (AvgIpc) is 2.80. The third kappa shape index (κ3) is 5.13. The minimum atomic E-state index is -0.667. The van der Waals surface area contributed by atoms with Gasteiger partial charge in [0.2, 0.25) is 0 Å². The molecule has 0 saturated heterocycles. The monoisotopic (exact) mass is 453 g/mol. The normalized spacial score (nSPS) is 17.8. The molecule has 166 valence electrons. The molecule has 0 aliphatic carbocycles. The van der Waals surface area contributed by atoms with Crippen molar-refractivity contribution >= 4 is 40.0 Å². The fourth-order valence-electron chi connectivity index (χ4n) is 3.82. The number of fused-ring (bicyclic) bond motifs is 1. The lowest BCUT2D eigenvalue weighted by Crippen LogP contribution is -2.32. The van der Waals surface area contributed by atoms with Gasteiger partial charge in [-0.25, -0.2) is 4.39 Å². The number of carboxylic acid groups (broad SMARTS) is 1. The summed E-state index contributed by atoms with van der Waals surface area (Å²) in [4.78, 5) is 30.1. The van der Waals surface area contributed by atoms with Gasteiger partial charge in [0.15, 0.2) is 11.0 Å². The number of benzene rings is 2. The van der Waals surface area contributed by atoms with Crippen LogP contribution in [0.15, 0.2) is 59.7 Å². The highest BCUT2D eigenvalue weighted by molar-refractivity contribution is 8.13. The largest absolute Gasteiger partial charge is 0.483 e. The average molecular weight is 454 g/mol. The Kier molecular flexibility index (Phi) is 7.58. The fraction of sp³-hybridized carbons (Fsp3) is 0.250. The number of Topliss-reactive ketones (excluding diaryl/α,β-unsaturated/α-hetero) is 1. The van der Waals surface area contributed by atoms with Crippen LogP contribution < -0.4 is 5.73 Å². The van der Waals surface area contributed by atoms with Crippen LogP contribution in [0.5, 0.6) is 0 Å². The van der Waals surface area contributed by atoms with Crippen molar-refractivity contribution in [3.05, 3.63) is 77.4 Å². The highest BCUT2D eigenvalue weighted by Gasteiger charge is 2.35. The number of hydrogen-bond acceptors (Lipinski definition) is 6. The third-order valence-corrected chi connectivity index (χ3v) is 6.28. The maximum Gasteiger partial charge on any atom is 0.290 e. The summed E-state index contributed by atoms with van der Waals surface area (Å²) in [7, 11) is 0. The predicted octanol–water partition coefficient (Wildman–Crippen LogP) is 4.56. The second-order valence-electron chi connectivity index (χ2n) is 7.37. The predicted molar refractivity (Wildman–Crippen MR) is 126 cm³/mol. The number of aliphatic imine (C=N–C) groups is 1. The van der Waals surface area contributed by atoms with E-state index >= 15 is 0 Å². The number of halogens is 1. The first-order valence-corrected chi connectivity index (χ1v) is 11.1. The minimum Gasteiger partial charge on any atom is -0.483 e. The third-order valence-electron chi connectivity index (χ3n) is 5.49. The molecule has 0 saturated carbocycles. The van der Waals surface area contributed by atoms with Gasteiger partial charge in [-0.2, -0.15) is 0 Å². The summed E-state index contributed by atoms with van der Waals surface area (Å²) >= 11 is 1.49. The van der Waals surface area contributed by atoms with Gasteiger partial charge in [0.05, 0.1) is 5.54 Å². The van der Waals surface area contributed by atoms with Gasteiger partial charge in [0.1, 0.15) is 11.5 Å². The van der Waals surface area contributed by atoms with E-state index in [4.69, 9.17) is 15.6 Å². The fourth-order valence-corrected chi connectivity index (χ4v) is 4.70. The standard InChI is InChI=1S/C23H22FN3OS.CH2O2/c1-2-23(9-10-29-22(25)27-23)18-11-15(7-8-19(18)24)12-21(28)20-13-16-5-3-4-6-17(16)14-26-20;2-1-3/h3-8,11,13-14H,2,9-10,12H2,1H3,(H2,25,27);1H,(H,2,3)/t23-;/m0./s1. The van der Waals surface area contributed by atoms with E-state index in [9.17, 15) is 9.18 Å². The molecule has 2 aromatic carbocycles. The molecule has 2 heterocycles. The van der Waals surface area contributed by atoms with Crippen LogP contribution in [0.25, 0.3) is 10.8 Å². The van der Waals surface area contributed by atoms with Crippen molar-refractivity contribution in [1.29, 1.82) is 0 Å². The van der Waals surface area contributed by atoms with Crippen molar-refractivity contribution in [2.24, 2.45) is 10.7 Å². The molecular weight excluding hydrogens is 429 g/mol. The number of ketones is 1. The summed E-state index contributed by atoms with van der Waals surface area (Å²) in [6.07, 6.45) is 3.23. The smallest absolute Gasteiger partial charge is 0.290 e. The van der Waals surface area contributed by atoms with Crippen molar-refractivity contribution < 1.29 is 19.1 Å². The van der Waals surface area contributed by atoms with E-state index in [2.05, 4.69) is 9.98 Å². The van der Waals surface area contributed by atoms with Crippen LogP contribution in [0.1, 0.15) is 41.4 Å². The summed E-state index contributed by atoms with van der Waals surface area (Å²) in [5, 5.41) is 9.34. The molecule has 32 heavy (non-hydrogen) atoms. The molecule has 6 nitrogen and oxygen atoms in total. The molecule has 0 unspecified atom stereocenters. The van der Waals surface area contributed by atoms with Gasteiger partial charge in [-0.3, -0.25) is 19.6 Å². The molecule has 1 aliphatic heterocycles. The topological polar surface area (TPSA) is 106 Å². The van der Waals surface area contributed by atoms with E-state index in [1.807, 2.05) is 31.2 Å². The molecule has 1 aromatic heterocycles. The molecule has 0 bridgehead atoms. The SMILES string of the molecule is CC[C@@]1(c2cc(CC(=O)c3cc4ccccc4cn3)ccc2F)CCSC(N)=N1.O=CO. The van der Waals surface area contributed by atoms with Gasteiger partial charge in [0, 0.05) is 29.3 Å². The number of thioether (sulfide) groups is 1. The van der Waals surface area contributed by atoms with Crippen LogP contribution in [-0.2, 0) is 16.8 Å². The number of aromatic nitrogens is 1. The Morgan fingerprint density at radius 3 is 2.66 bits per heavy atom. The number of nitrogens with two attached hydrogens (primary N) is 1. The Hall–Kier alpha value is -3.26. The van der Waals surface area contributed by atoms with Crippen molar-refractivity contribution in [1.82, 2.24) is 4.98 Å². The van der Waals surface area contributed by atoms with Gasteiger partial charge in [-0.1, -0.05) is 49.0 Å². The summed E-state index contributed by atoms with van der Waals surface area (Å²) in [5.74, 6) is 0.392. The lowest BCUT2D eigenvalue weighted by atomic mass is 9.83.